The van der Waals surface area contributed by atoms with Crippen LogP contribution in [-0.2, 0) is 9.53 Å². The molecule has 0 aromatic heterocycles. The highest BCUT2D eigenvalue weighted by Crippen LogP contribution is 2.06. The van der Waals surface area contributed by atoms with Gasteiger partial charge in [0.15, 0.2) is 0 Å². The zero-order valence-corrected chi connectivity index (χ0v) is 8.74. The molecule has 0 aromatic carbocycles. The molecule has 1 aliphatic rings. The Balaban J connectivity index is 2.18. The van der Waals surface area contributed by atoms with Gasteiger partial charge in [-0.25, -0.2) is 0 Å². The molecule has 0 bridgehead atoms. The van der Waals surface area contributed by atoms with Gasteiger partial charge in [0.2, 0.25) is 0 Å². The van der Waals surface area contributed by atoms with Crippen LogP contribution in [0.2, 0.25) is 0 Å². The Hall–Kier alpha value is -0.610. The SMILES string of the molecule is CC1CN(CCCC(=O)O)CCCO1. The van der Waals surface area contributed by atoms with Gasteiger partial charge < -0.3 is 14.7 Å². The average Bonchev–Trinajstić information content (AvgIpc) is 2.29. The average molecular weight is 201 g/mol. The Labute approximate surface area is 84.8 Å². The van der Waals surface area contributed by atoms with E-state index in [0.29, 0.717) is 0 Å². The van der Waals surface area contributed by atoms with E-state index >= 15 is 0 Å². The van der Waals surface area contributed by atoms with E-state index in [9.17, 15) is 4.79 Å². The molecule has 1 rings (SSSR count). The lowest BCUT2D eigenvalue weighted by Gasteiger charge is -2.20. The molecule has 1 aliphatic heterocycles. The van der Waals surface area contributed by atoms with Crippen LogP contribution in [0.4, 0.5) is 0 Å². The third-order valence-electron chi connectivity index (χ3n) is 2.40. The summed E-state index contributed by atoms with van der Waals surface area (Å²) >= 11 is 0. The molecule has 1 saturated heterocycles. The highest BCUT2D eigenvalue weighted by Gasteiger charge is 2.14. The highest BCUT2D eigenvalue weighted by molar-refractivity contribution is 5.66. The maximum atomic E-state index is 10.3. The van der Waals surface area contributed by atoms with Gasteiger partial charge in [0, 0.05) is 26.1 Å². The van der Waals surface area contributed by atoms with E-state index in [2.05, 4.69) is 11.8 Å². The second kappa shape index (κ2) is 5.98. The Morgan fingerprint density at radius 2 is 2.43 bits per heavy atom. The number of nitrogens with zero attached hydrogens (tertiary/aromatic N) is 1. The molecule has 1 unspecified atom stereocenters. The van der Waals surface area contributed by atoms with E-state index in [1.165, 1.54) is 0 Å². The van der Waals surface area contributed by atoms with Crippen molar-refractivity contribution in [1.29, 1.82) is 0 Å². The Morgan fingerprint density at radius 3 is 3.14 bits per heavy atom. The zero-order valence-electron chi connectivity index (χ0n) is 8.74. The van der Waals surface area contributed by atoms with Crippen LogP contribution >= 0.6 is 0 Å². The fraction of sp³-hybridized carbons (Fsp3) is 0.900. The summed E-state index contributed by atoms with van der Waals surface area (Å²) in [5.74, 6) is -0.705. The third kappa shape index (κ3) is 4.58. The maximum Gasteiger partial charge on any atom is 0.303 e. The normalized spacial score (nSPS) is 24.5. The minimum absolute atomic E-state index is 0.270. The van der Waals surface area contributed by atoms with E-state index in [1.807, 2.05) is 0 Å². The number of carbonyl (C=O) groups is 1. The van der Waals surface area contributed by atoms with Crippen molar-refractivity contribution < 1.29 is 14.6 Å². The first kappa shape index (κ1) is 11.5. The predicted octanol–water partition coefficient (Wildman–Crippen LogP) is 0.962. The molecule has 4 nitrogen and oxygen atoms in total. The minimum Gasteiger partial charge on any atom is -0.481 e. The number of carboxylic acid groups (broad SMARTS) is 1. The van der Waals surface area contributed by atoms with Gasteiger partial charge in [0.1, 0.15) is 0 Å². The van der Waals surface area contributed by atoms with Crippen molar-refractivity contribution in [3.05, 3.63) is 0 Å². The standard InChI is InChI=1S/C10H19NO3/c1-9-8-11(6-3-7-14-9)5-2-4-10(12)13/h9H,2-8H2,1H3,(H,12,13). The molecule has 0 spiro atoms. The number of hydrogen-bond acceptors (Lipinski definition) is 3. The van der Waals surface area contributed by atoms with Gasteiger partial charge in [-0.15, -0.1) is 0 Å². The van der Waals surface area contributed by atoms with Crippen LogP contribution in [0.15, 0.2) is 0 Å². The summed E-state index contributed by atoms with van der Waals surface area (Å²) in [4.78, 5) is 12.6. The summed E-state index contributed by atoms with van der Waals surface area (Å²) in [6.07, 6.45) is 2.34. The van der Waals surface area contributed by atoms with Gasteiger partial charge in [0.05, 0.1) is 6.10 Å². The smallest absolute Gasteiger partial charge is 0.303 e. The first-order valence-corrected chi connectivity index (χ1v) is 5.24. The monoisotopic (exact) mass is 201 g/mol. The number of rotatable bonds is 4. The summed E-state index contributed by atoms with van der Waals surface area (Å²) in [6, 6.07) is 0. The Kier molecular flexibility index (Phi) is 4.90. The first-order valence-electron chi connectivity index (χ1n) is 5.24. The van der Waals surface area contributed by atoms with Crippen LogP contribution in [-0.4, -0.2) is 48.3 Å². The van der Waals surface area contributed by atoms with Crippen molar-refractivity contribution in [1.82, 2.24) is 4.90 Å². The molecule has 0 amide bonds. The van der Waals surface area contributed by atoms with E-state index in [0.717, 1.165) is 39.1 Å². The van der Waals surface area contributed by atoms with E-state index in [1.54, 1.807) is 0 Å². The van der Waals surface area contributed by atoms with Gasteiger partial charge >= 0.3 is 5.97 Å². The van der Waals surface area contributed by atoms with Crippen LogP contribution in [0, 0.1) is 0 Å². The summed E-state index contributed by atoms with van der Waals surface area (Å²) in [5.41, 5.74) is 0. The molecule has 0 aromatic rings. The van der Waals surface area contributed by atoms with Crippen molar-refractivity contribution in [3.8, 4) is 0 Å². The minimum atomic E-state index is -0.705. The van der Waals surface area contributed by atoms with Crippen LogP contribution in [0.1, 0.15) is 26.2 Å². The number of hydrogen-bond donors (Lipinski definition) is 1. The van der Waals surface area contributed by atoms with Gasteiger partial charge in [0.25, 0.3) is 0 Å². The molecule has 1 fully saturated rings. The van der Waals surface area contributed by atoms with E-state index in [4.69, 9.17) is 9.84 Å². The molecule has 1 N–H and O–H groups in total. The van der Waals surface area contributed by atoms with Gasteiger partial charge in [-0.3, -0.25) is 4.79 Å². The largest absolute Gasteiger partial charge is 0.481 e. The maximum absolute atomic E-state index is 10.3. The molecule has 4 heteroatoms. The molecule has 0 radical (unpaired) electrons. The van der Waals surface area contributed by atoms with Crippen LogP contribution in [0.25, 0.3) is 0 Å². The van der Waals surface area contributed by atoms with Crippen LogP contribution in [0.3, 0.4) is 0 Å². The molecular formula is C10H19NO3. The lowest BCUT2D eigenvalue weighted by atomic mass is 10.2. The lowest BCUT2D eigenvalue weighted by Crippen LogP contribution is -2.31. The van der Waals surface area contributed by atoms with Crippen molar-refractivity contribution in [3.63, 3.8) is 0 Å². The molecule has 0 aliphatic carbocycles. The summed E-state index contributed by atoms with van der Waals surface area (Å²) < 4.78 is 5.50. The molecule has 1 heterocycles. The quantitative estimate of drug-likeness (QED) is 0.736. The van der Waals surface area contributed by atoms with Gasteiger partial charge in [-0.05, 0) is 26.3 Å². The van der Waals surface area contributed by atoms with Crippen LogP contribution < -0.4 is 0 Å². The Morgan fingerprint density at radius 1 is 1.64 bits per heavy atom. The number of carboxylic acids is 1. The molecular weight excluding hydrogens is 182 g/mol. The van der Waals surface area contributed by atoms with Crippen molar-refractivity contribution in [2.45, 2.75) is 32.3 Å². The molecule has 1 atom stereocenters. The summed E-state index contributed by atoms with van der Waals surface area (Å²) in [7, 11) is 0. The van der Waals surface area contributed by atoms with Gasteiger partial charge in [-0.2, -0.15) is 0 Å². The van der Waals surface area contributed by atoms with Crippen molar-refractivity contribution in [2.24, 2.45) is 0 Å². The van der Waals surface area contributed by atoms with Crippen molar-refractivity contribution in [2.75, 3.05) is 26.2 Å². The number of ether oxygens (including phenoxy) is 1. The lowest BCUT2D eigenvalue weighted by molar-refractivity contribution is -0.137. The van der Waals surface area contributed by atoms with E-state index < -0.39 is 5.97 Å². The topological polar surface area (TPSA) is 49.8 Å². The van der Waals surface area contributed by atoms with Crippen molar-refractivity contribution >= 4 is 5.97 Å². The fourth-order valence-electron chi connectivity index (χ4n) is 1.74. The fourth-order valence-corrected chi connectivity index (χ4v) is 1.74. The molecule has 14 heavy (non-hydrogen) atoms. The third-order valence-corrected chi connectivity index (χ3v) is 2.40. The second-order valence-corrected chi connectivity index (χ2v) is 3.83. The predicted molar refractivity (Wildman–Crippen MR) is 53.3 cm³/mol. The summed E-state index contributed by atoms with van der Waals surface area (Å²) in [5, 5.41) is 8.51. The van der Waals surface area contributed by atoms with Crippen LogP contribution in [0.5, 0.6) is 0 Å². The second-order valence-electron chi connectivity index (χ2n) is 3.83. The molecule has 82 valence electrons. The molecule has 0 saturated carbocycles. The van der Waals surface area contributed by atoms with E-state index in [-0.39, 0.29) is 12.5 Å². The number of aliphatic carboxylic acids is 1. The van der Waals surface area contributed by atoms with Gasteiger partial charge in [-0.1, -0.05) is 0 Å². The first-order chi connectivity index (χ1) is 6.68. The zero-order chi connectivity index (χ0) is 10.4. The highest BCUT2D eigenvalue weighted by atomic mass is 16.5. The summed E-state index contributed by atoms with van der Waals surface area (Å²) in [6.45, 7) is 5.73. The Bertz CT molecular complexity index is 184.